The van der Waals surface area contributed by atoms with Gasteiger partial charge < -0.3 is 9.64 Å². The summed E-state index contributed by atoms with van der Waals surface area (Å²) in [5, 5.41) is 22.1. The van der Waals surface area contributed by atoms with E-state index in [0.29, 0.717) is 11.8 Å². The Bertz CT molecular complexity index is 962. The van der Waals surface area contributed by atoms with Gasteiger partial charge in [0.25, 0.3) is 0 Å². The molecule has 0 radical (unpaired) electrons. The van der Waals surface area contributed by atoms with Gasteiger partial charge in [-0.3, -0.25) is 0 Å². The van der Waals surface area contributed by atoms with E-state index in [9.17, 15) is 0 Å². The Labute approximate surface area is 157 Å². The van der Waals surface area contributed by atoms with Crippen molar-refractivity contribution in [3.63, 3.8) is 0 Å². The molecule has 4 heterocycles. The van der Waals surface area contributed by atoms with Crippen molar-refractivity contribution in [2.75, 3.05) is 25.1 Å². The number of hydrogen-bond acceptors (Lipinski definition) is 7. The topological polar surface area (TPSA) is 81.3 Å². The van der Waals surface area contributed by atoms with Crippen molar-refractivity contribution in [1.82, 2.24) is 30.0 Å². The van der Waals surface area contributed by atoms with Crippen molar-refractivity contribution >= 4 is 11.5 Å². The number of piperidine rings is 1. The fourth-order valence-electron chi connectivity index (χ4n) is 4.15. The number of aromatic nitrogens is 6. The van der Waals surface area contributed by atoms with Gasteiger partial charge >= 0.3 is 0 Å². The van der Waals surface area contributed by atoms with Gasteiger partial charge in [0.05, 0.1) is 12.8 Å². The van der Waals surface area contributed by atoms with Crippen LogP contribution in [0, 0.1) is 0 Å². The summed E-state index contributed by atoms with van der Waals surface area (Å²) >= 11 is 0. The molecular weight excluding hydrogens is 342 g/mol. The summed E-state index contributed by atoms with van der Waals surface area (Å²) in [6, 6.07) is 5.95. The van der Waals surface area contributed by atoms with Crippen molar-refractivity contribution in [3.8, 4) is 5.88 Å². The summed E-state index contributed by atoms with van der Waals surface area (Å²) in [7, 11) is 1.62. The lowest BCUT2D eigenvalue weighted by molar-refractivity contribution is 0.386. The van der Waals surface area contributed by atoms with Crippen molar-refractivity contribution in [2.24, 2.45) is 0 Å². The SMILES string of the molecule is COc1ccc2nnc(C3CCN(c4cc5c(nn4)CCCC5)CC3)n2n1. The summed E-state index contributed by atoms with van der Waals surface area (Å²) in [5.41, 5.74) is 3.33. The monoisotopic (exact) mass is 365 g/mol. The fraction of sp³-hybridized carbons (Fsp3) is 0.526. The fourth-order valence-corrected chi connectivity index (χ4v) is 4.15. The van der Waals surface area contributed by atoms with Crippen LogP contribution in [0.15, 0.2) is 18.2 Å². The van der Waals surface area contributed by atoms with Crippen LogP contribution in [-0.2, 0) is 12.8 Å². The van der Waals surface area contributed by atoms with Crippen molar-refractivity contribution < 1.29 is 4.74 Å². The zero-order valence-electron chi connectivity index (χ0n) is 15.5. The number of fused-ring (bicyclic) bond motifs is 2. The molecule has 2 aliphatic rings. The number of anilines is 1. The first-order valence-corrected chi connectivity index (χ1v) is 9.68. The standard InChI is InChI=1S/C19H23N7O/c1-27-18-7-6-16-21-23-19(26(16)24-18)13-8-10-25(11-9-13)17-12-14-4-2-3-5-15(14)20-22-17/h6-7,12-13H,2-5,8-11H2,1H3. The van der Waals surface area contributed by atoms with Crippen LogP contribution in [0.1, 0.15) is 48.7 Å². The molecule has 1 aliphatic carbocycles. The van der Waals surface area contributed by atoms with Gasteiger partial charge in [-0.25, -0.2) is 0 Å². The molecule has 0 N–H and O–H groups in total. The number of aryl methyl sites for hydroxylation is 2. The molecule has 5 rings (SSSR count). The summed E-state index contributed by atoms with van der Waals surface area (Å²) in [6.07, 6.45) is 6.69. The van der Waals surface area contributed by atoms with Crippen LogP contribution in [-0.4, -0.2) is 50.2 Å². The molecule has 3 aromatic rings. The Balaban J connectivity index is 1.33. The number of rotatable bonds is 3. The lowest BCUT2D eigenvalue weighted by atomic mass is 9.95. The molecule has 0 aromatic carbocycles. The summed E-state index contributed by atoms with van der Waals surface area (Å²) in [4.78, 5) is 2.34. The summed E-state index contributed by atoms with van der Waals surface area (Å²) < 4.78 is 7.06. The second kappa shape index (κ2) is 6.75. The second-order valence-electron chi connectivity index (χ2n) is 7.35. The highest BCUT2D eigenvalue weighted by atomic mass is 16.5. The van der Waals surface area contributed by atoms with Crippen LogP contribution >= 0.6 is 0 Å². The Morgan fingerprint density at radius 2 is 1.85 bits per heavy atom. The van der Waals surface area contributed by atoms with E-state index in [1.807, 2.05) is 16.6 Å². The number of ether oxygens (including phenoxy) is 1. The number of hydrogen-bond donors (Lipinski definition) is 0. The highest BCUT2D eigenvalue weighted by molar-refractivity contribution is 5.43. The van der Waals surface area contributed by atoms with Gasteiger partial charge in [-0.1, -0.05) is 0 Å². The first kappa shape index (κ1) is 16.4. The lowest BCUT2D eigenvalue weighted by Crippen LogP contribution is -2.34. The average molecular weight is 365 g/mol. The maximum Gasteiger partial charge on any atom is 0.231 e. The van der Waals surface area contributed by atoms with Gasteiger partial charge in [0.1, 0.15) is 0 Å². The van der Waals surface area contributed by atoms with Gasteiger partial charge in [0, 0.05) is 25.1 Å². The molecule has 27 heavy (non-hydrogen) atoms. The molecule has 0 atom stereocenters. The highest BCUT2D eigenvalue weighted by Crippen LogP contribution is 2.30. The molecule has 1 aliphatic heterocycles. The Kier molecular flexibility index (Phi) is 4.10. The second-order valence-corrected chi connectivity index (χ2v) is 7.35. The first-order valence-electron chi connectivity index (χ1n) is 9.68. The molecule has 0 spiro atoms. The van der Waals surface area contributed by atoms with E-state index in [1.165, 1.54) is 24.1 Å². The molecular formula is C19H23N7O. The van der Waals surface area contributed by atoms with Crippen LogP contribution in [0.5, 0.6) is 5.88 Å². The maximum absolute atomic E-state index is 5.24. The van der Waals surface area contributed by atoms with E-state index in [0.717, 1.165) is 56.1 Å². The largest absolute Gasteiger partial charge is 0.480 e. The van der Waals surface area contributed by atoms with Crippen LogP contribution in [0.4, 0.5) is 5.82 Å². The molecule has 3 aromatic heterocycles. The molecule has 8 heteroatoms. The smallest absolute Gasteiger partial charge is 0.231 e. The molecule has 1 fully saturated rings. The highest BCUT2D eigenvalue weighted by Gasteiger charge is 2.26. The van der Waals surface area contributed by atoms with Crippen molar-refractivity contribution in [3.05, 3.63) is 35.3 Å². The van der Waals surface area contributed by atoms with E-state index in [2.05, 4.69) is 36.5 Å². The van der Waals surface area contributed by atoms with E-state index in [-0.39, 0.29) is 0 Å². The van der Waals surface area contributed by atoms with Crippen LogP contribution in [0.3, 0.4) is 0 Å². The minimum Gasteiger partial charge on any atom is -0.480 e. The number of methoxy groups -OCH3 is 1. The summed E-state index contributed by atoms with van der Waals surface area (Å²) in [5.74, 6) is 2.84. The third kappa shape index (κ3) is 2.98. The summed E-state index contributed by atoms with van der Waals surface area (Å²) in [6.45, 7) is 1.88. The van der Waals surface area contributed by atoms with Gasteiger partial charge in [-0.2, -0.15) is 9.61 Å². The normalized spacial score (nSPS) is 17.9. The molecule has 8 nitrogen and oxygen atoms in total. The van der Waals surface area contributed by atoms with Gasteiger partial charge in [0.15, 0.2) is 17.3 Å². The predicted octanol–water partition coefficient (Wildman–Crippen LogP) is 2.19. The van der Waals surface area contributed by atoms with Gasteiger partial charge in [-0.15, -0.1) is 20.4 Å². The number of nitrogens with zero attached hydrogens (tertiary/aromatic N) is 7. The lowest BCUT2D eigenvalue weighted by Gasteiger charge is -2.32. The minimum atomic E-state index is 0.335. The van der Waals surface area contributed by atoms with E-state index < -0.39 is 0 Å². The zero-order valence-corrected chi connectivity index (χ0v) is 15.5. The third-order valence-electron chi connectivity index (χ3n) is 5.71. The van der Waals surface area contributed by atoms with E-state index in [1.54, 1.807) is 7.11 Å². The first-order chi connectivity index (χ1) is 13.3. The van der Waals surface area contributed by atoms with Crippen LogP contribution in [0.2, 0.25) is 0 Å². The molecule has 0 bridgehead atoms. The van der Waals surface area contributed by atoms with E-state index in [4.69, 9.17) is 4.74 Å². The van der Waals surface area contributed by atoms with E-state index >= 15 is 0 Å². The molecule has 0 amide bonds. The average Bonchev–Trinajstić information content (AvgIpc) is 3.16. The third-order valence-corrected chi connectivity index (χ3v) is 5.71. The van der Waals surface area contributed by atoms with Gasteiger partial charge in [-0.05, 0) is 56.2 Å². The minimum absolute atomic E-state index is 0.335. The van der Waals surface area contributed by atoms with Crippen LogP contribution in [0.25, 0.3) is 5.65 Å². The molecule has 0 saturated carbocycles. The van der Waals surface area contributed by atoms with Crippen LogP contribution < -0.4 is 9.64 Å². The van der Waals surface area contributed by atoms with Crippen molar-refractivity contribution in [1.29, 1.82) is 0 Å². The Morgan fingerprint density at radius 1 is 1.00 bits per heavy atom. The molecule has 140 valence electrons. The molecule has 0 unspecified atom stereocenters. The van der Waals surface area contributed by atoms with Gasteiger partial charge in [0.2, 0.25) is 5.88 Å². The maximum atomic E-state index is 5.24. The quantitative estimate of drug-likeness (QED) is 0.704. The molecule has 1 saturated heterocycles. The predicted molar refractivity (Wildman–Crippen MR) is 100 cm³/mol. The zero-order chi connectivity index (χ0) is 18.2. The van der Waals surface area contributed by atoms with Crippen molar-refractivity contribution in [2.45, 2.75) is 44.4 Å². The Hall–Kier alpha value is -2.77. The Morgan fingerprint density at radius 3 is 2.70 bits per heavy atom.